The molecule has 1 rings (SSSR count). The molecule has 90 valence electrons. The van der Waals surface area contributed by atoms with Gasteiger partial charge >= 0.3 is 0 Å². The summed E-state index contributed by atoms with van der Waals surface area (Å²) in [5.41, 5.74) is 5.62. The van der Waals surface area contributed by atoms with E-state index >= 15 is 0 Å². The first-order valence-corrected chi connectivity index (χ1v) is 5.35. The normalized spacial score (nSPS) is 12.2. The number of hydrogen-bond donors (Lipinski definition) is 2. The molecule has 0 aliphatic carbocycles. The number of nitrogens with one attached hydrogen (secondary N) is 1. The van der Waals surface area contributed by atoms with Gasteiger partial charge in [-0.25, -0.2) is 4.98 Å². The Balaban J connectivity index is 2.70. The first-order chi connectivity index (χ1) is 7.81. The standard InChI is InChI=1S/C11H19N3O2/c1-3-16-10-5-4-6-13-11(10)14-9(7-12)8-15-2/h4-6,9H,3,7-8,12H2,1-2H3,(H,13,14). The molecular weight excluding hydrogens is 206 g/mol. The second kappa shape index (κ2) is 7.03. The Hall–Kier alpha value is -1.33. The summed E-state index contributed by atoms with van der Waals surface area (Å²) in [4.78, 5) is 4.22. The number of rotatable bonds is 7. The predicted molar refractivity (Wildman–Crippen MR) is 63.7 cm³/mol. The van der Waals surface area contributed by atoms with Crippen molar-refractivity contribution in [3.63, 3.8) is 0 Å². The number of nitrogens with two attached hydrogens (primary N) is 1. The number of anilines is 1. The number of methoxy groups -OCH3 is 1. The maximum Gasteiger partial charge on any atom is 0.169 e. The molecule has 16 heavy (non-hydrogen) atoms. The lowest BCUT2D eigenvalue weighted by atomic mass is 10.3. The number of ether oxygens (including phenoxy) is 2. The molecule has 5 heteroatoms. The van der Waals surface area contributed by atoms with Crippen molar-refractivity contribution in [3.05, 3.63) is 18.3 Å². The zero-order chi connectivity index (χ0) is 11.8. The first-order valence-electron chi connectivity index (χ1n) is 5.35. The average molecular weight is 225 g/mol. The zero-order valence-corrected chi connectivity index (χ0v) is 9.77. The van der Waals surface area contributed by atoms with Gasteiger partial charge in [-0.1, -0.05) is 0 Å². The Bertz CT molecular complexity index is 307. The Morgan fingerprint density at radius 2 is 2.38 bits per heavy atom. The van der Waals surface area contributed by atoms with Crippen LogP contribution >= 0.6 is 0 Å². The van der Waals surface area contributed by atoms with Crippen LogP contribution in [0.4, 0.5) is 5.82 Å². The number of nitrogens with zero attached hydrogens (tertiary/aromatic N) is 1. The molecule has 1 heterocycles. The highest BCUT2D eigenvalue weighted by molar-refractivity contribution is 5.50. The Labute approximate surface area is 96.0 Å². The third-order valence-corrected chi connectivity index (χ3v) is 2.06. The molecule has 1 unspecified atom stereocenters. The van der Waals surface area contributed by atoms with Crippen molar-refractivity contribution in [1.82, 2.24) is 4.98 Å². The van der Waals surface area contributed by atoms with Crippen molar-refractivity contribution in [2.24, 2.45) is 5.73 Å². The van der Waals surface area contributed by atoms with Crippen LogP contribution in [-0.4, -0.2) is 37.9 Å². The molecule has 1 aromatic heterocycles. The van der Waals surface area contributed by atoms with Crippen molar-refractivity contribution in [2.45, 2.75) is 13.0 Å². The molecule has 0 aliphatic rings. The van der Waals surface area contributed by atoms with Gasteiger partial charge < -0.3 is 20.5 Å². The van der Waals surface area contributed by atoms with Crippen LogP contribution in [0.1, 0.15) is 6.92 Å². The molecule has 0 saturated heterocycles. The third kappa shape index (κ3) is 3.67. The zero-order valence-electron chi connectivity index (χ0n) is 9.77. The number of hydrogen-bond acceptors (Lipinski definition) is 5. The van der Waals surface area contributed by atoms with Gasteiger partial charge in [0.15, 0.2) is 11.6 Å². The fourth-order valence-corrected chi connectivity index (χ4v) is 1.33. The fraction of sp³-hybridized carbons (Fsp3) is 0.545. The second-order valence-corrected chi connectivity index (χ2v) is 3.32. The molecule has 0 amide bonds. The SMILES string of the molecule is CCOc1cccnc1NC(CN)COC. The van der Waals surface area contributed by atoms with Gasteiger partial charge in [-0.3, -0.25) is 0 Å². The highest BCUT2D eigenvalue weighted by Crippen LogP contribution is 2.21. The van der Waals surface area contributed by atoms with E-state index in [1.807, 2.05) is 19.1 Å². The van der Waals surface area contributed by atoms with E-state index in [1.165, 1.54) is 0 Å². The highest BCUT2D eigenvalue weighted by Gasteiger charge is 2.10. The van der Waals surface area contributed by atoms with Gasteiger partial charge in [-0.2, -0.15) is 0 Å². The molecule has 3 N–H and O–H groups in total. The van der Waals surface area contributed by atoms with E-state index in [2.05, 4.69) is 10.3 Å². The van der Waals surface area contributed by atoms with Crippen molar-refractivity contribution < 1.29 is 9.47 Å². The van der Waals surface area contributed by atoms with Crippen LogP contribution < -0.4 is 15.8 Å². The minimum Gasteiger partial charge on any atom is -0.490 e. The van der Waals surface area contributed by atoms with Crippen LogP contribution in [0.25, 0.3) is 0 Å². The van der Waals surface area contributed by atoms with Crippen molar-refractivity contribution in [2.75, 3.05) is 32.2 Å². The smallest absolute Gasteiger partial charge is 0.169 e. The molecule has 0 radical (unpaired) electrons. The van der Waals surface area contributed by atoms with Gasteiger partial charge in [0, 0.05) is 19.9 Å². The van der Waals surface area contributed by atoms with Crippen LogP contribution in [0.2, 0.25) is 0 Å². The number of aromatic nitrogens is 1. The molecule has 0 saturated carbocycles. The van der Waals surface area contributed by atoms with Gasteiger partial charge in [0.25, 0.3) is 0 Å². The van der Waals surface area contributed by atoms with E-state index in [-0.39, 0.29) is 6.04 Å². The monoisotopic (exact) mass is 225 g/mol. The summed E-state index contributed by atoms with van der Waals surface area (Å²) < 4.78 is 10.5. The molecular formula is C11H19N3O2. The maximum atomic E-state index is 5.62. The van der Waals surface area contributed by atoms with E-state index in [4.69, 9.17) is 15.2 Å². The summed E-state index contributed by atoms with van der Waals surface area (Å²) in [6.07, 6.45) is 1.71. The van der Waals surface area contributed by atoms with Crippen molar-refractivity contribution in [1.29, 1.82) is 0 Å². The van der Waals surface area contributed by atoms with E-state index in [9.17, 15) is 0 Å². The van der Waals surface area contributed by atoms with E-state index < -0.39 is 0 Å². The largest absolute Gasteiger partial charge is 0.490 e. The van der Waals surface area contributed by atoms with Gasteiger partial charge in [0.1, 0.15) is 0 Å². The average Bonchev–Trinajstić information content (AvgIpc) is 2.31. The van der Waals surface area contributed by atoms with E-state index in [1.54, 1.807) is 13.3 Å². The van der Waals surface area contributed by atoms with Crippen LogP contribution in [-0.2, 0) is 4.74 Å². The van der Waals surface area contributed by atoms with Gasteiger partial charge in [-0.15, -0.1) is 0 Å². The van der Waals surface area contributed by atoms with Crippen LogP contribution in [0.5, 0.6) is 5.75 Å². The Morgan fingerprint density at radius 3 is 3.00 bits per heavy atom. The van der Waals surface area contributed by atoms with Crippen LogP contribution in [0.3, 0.4) is 0 Å². The summed E-state index contributed by atoms with van der Waals surface area (Å²) in [5.74, 6) is 1.44. The lowest BCUT2D eigenvalue weighted by Crippen LogP contribution is -2.33. The maximum absolute atomic E-state index is 5.62. The lowest BCUT2D eigenvalue weighted by molar-refractivity contribution is 0.187. The van der Waals surface area contributed by atoms with E-state index in [0.29, 0.717) is 25.6 Å². The molecule has 0 aliphatic heterocycles. The van der Waals surface area contributed by atoms with Gasteiger partial charge in [0.05, 0.1) is 19.3 Å². The van der Waals surface area contributed by atoms with E-state index in [0.717, 1.165) is 5.75 Å². The summed E-state index contributed by atoms with van der Waals surface area (Å²) in [5, 5.41) is 3.20. The molecule has 0 fully saturated rings. The summed E-state index contributed by atoms with van der Waals surface area (Å²) >= 11 is 0. The predicted octanol–water partition coefficient (Wildman–Crippen LogP) is 0.866. The molecule has 0 bridgehead atoms. The first kappa shape index (κ1) is 12.7. The summed E-state index contributed by atoms with van der Waals surface area (Å²) in [6.45, 7) is 3.57. The quantitative estimate of drug-likeness (QED) is 0.720. The molecule has 0 aromatic carbocycles. The van der Waals surface area contributed by atoms with Crippen LogP contribution in [0.15, 0.2) is 18.3 Å². The molecule has 5 nitrogen and oxygen atoms in total. The minimum absolute atomic E-state index is 0.0408. The van der Waals surface area contributed by atoms with Gasteiger partial charge in [0.2, 0.25) is 0 Å². The summed E-state index contributed by atoms with van der Waals surface area (Å²) in [6, 6.07) is 3.75. The molecule has 0 spiro atoms. The van der Waals surface area contributed by atoms with Crippen LogP contribution in [0, 0.1) is 0 Å². The minimum atomic E-state index is 0.0408. The Morgan fingerprint density at radius 1 is 1.56 bits per heavy atom. The molecule has 1 atom stereocenters. The second-order valence-electron chi connectivity index (χ2n) is 3.32. The summed E-state index contributed by atoms with van der Waals surface area (Å²) in [7, 11) is 1.65. The Kier molecular flexibility index (Phi) is 5.60. The van der Waals surface area contributed by atoms with Crippen molar-refractivity contribution >= 4 is 5.82 Å². The number of pyridine rings is 1. The van der Waals surface area contributed by atoms with Crippen molar-refractivity contribution in [3.8, 4) is 5.75 Å². The molecule has 1 aromatic rings. The van der Waals surface area contributed by atoms with Gasteiger partial charge in [-0.05, 0) is 19.1 Å². The topological polar surface area (TPSA) is 69.4 Å². The lowest BCUT2D eigenvalue weighted by Gasteiger charge is -2.18. The highest BCUT2D eigenvalue weighted by atomic mass is 16.5. The third-order valence-electron chi connectivity index (χ3n) is 2.06. The fourth-order valence-electron chi connectivity index (χ4n) is 1.33.